The van der Waals surface area contributed by atoms with E-state index in [9.17, 15) is 0 Å². The van der Waals surface area contributed by atoms with Crippen molar-refractivity contribution < 1.29 is 0 Å². The second-order valence-electron chi connectivity index (χ2n) is 3.46. The molecule has 0 radical (unpaired) electrons. The van der Waals surface area contributed by atoms with Gasteiger partial charge in [-0.3, -0.25) is 4.98 Å². The van der Waals surface area contributed by atoms with E-state index in [0.717, 1.165) is 20.7 Å². The van der Waals surface area contributed by atoms with Crippen LogP contribution in [0.4, 0.5) is 5.69 Å². The second kappa shape index (κ2) is 5.76. The highest BCUT2D eigenvalue weighted by Crippen LogP contribution is 2.34. The van der Waals surface area contributed by atoms with E-state index in [1.807, 2.05) is 30.5 Å². The zero-order valence-electron chi connectivity index (χ0n) is 8.86. The Morgan fingerprint density at radius 1 is 1.35 bits per heavy atom. The van der Waals surface area contributed by atoms with Crippen molar-refractivity contribution in [1.82, 2.24) is 4.98 Å². The molecule has 2 N–H and O–H groups in total. The van der Waals surface area contributed by atoms with E-state index in [1.165, 1.54) is 0 Å². The van der Waals surface area contributed by atoms with Gasteiger partial charge in [0.05, 0.1) is 5.02 Å². The van der Waals surface area contributed by atoms with E-state index >= 15 is 0 Å². The summed E-state index contributed by atoms with van der Waals surface area (Å²) in [6, 6.07) is 7.59. The van der Waals surface area contributed by atoms with Crippen molar-refractivity contribution in [1.29, 1.82) is 0 Å². The third-order valence-corrected chi connectivity index (χ3v) is 4.22. The van der Waals surface area contributed by atoms with Crippen LogP contribution in [0, 0.1) is 0 Å². The van der Waals surface area contributed by atoms with Gasteiger partial charge in [-0.25, -0.2) is 0 Å². The Morgan fingerprint density at radius 2 is 2.18 bits per heavy atom. The molecule has 88 valence electrons. The Hall–Kier alpha value is -0.710. The summed E-state index contributed by atoms with van der Waals surface area (Å²) in [5.41, 5.74) is 7.73. The van der Waals surface area contributed by atoms with Gasteiger partial charge >= 0.3 is 0 Å². The molecule has 0 aliphatic heterocycles. The molecule has 0 saturated carbocycles. The van der Waals surface area contributed by atoms with Crippen LogP contribution in [0.25, 0.3) is 0 Å². The maximum atomic E-state index is 6.10. The number of halogens is 2. The first-order chi connectivity index (χ1) is 8.16. The quantitative estimate of drug-likeness (QED) is 0.671. The van der Waals surface area contributed by atoms with Crippen LogP contribution in [0.15, 0.2) is 46.0 Å². The molecule has 0 fully saturated rings. The van der Waals surface area contributed by atoms with E-state index < -0.39 is 0 Å². The summed E-state index contributed by atoms with van der Waals surface area (Å²) >= 11 is 11.1. The lowest BCUT2D eigenvalue weighted by atomic mass is 10.3. The Bertz CT molecular complexity index is 513. The summed E-state index contributed by atoms with van der Waals surface area (Å²) in [4.78, 5) is 5.04. The molecule has 17 heavy (non-hydrogen) atoms. The van der Waals surface area contributed by atoms with E-state index in [0.29, 0.717) is 10.7 Å². The van der Waals surface area contributed by atoms with Crippen LogP contribution in [0.1, 0.15) is 5.56 Å². The Kier molecular flexibility index (Phi) is 4.31. The number of nitrogen functional groups attached to an aromatic ring is 1. The number of aromatic nitrogens is 1. The van der Waals surface area contributed by atoms with Crippen LogP contribution in [0.2, 0.25) is 5.02 Å². The molecule has 0 bridgehead atoms. The molecule has 0 aliphatic rings. The molecule has 0 amide bonds. The van der Waals surface area contributed by atoms with Crippen LogP contribution < -0.4 is 5.73 Å². The van der Waals surface area contributed by atoms with E-state index in [1.54, 1.807) is 18.0 Å². The van der Waals surface area contributed by atoms with E-state index in [2.05, 4.69) is 20.9 Å². The average Bonchev–Trinajstić information content (AvgIpc) is 2.28. The molecule has 0 unspecified atom stereocenters. The minimum absolute atomic E-state index is 0.693. The predicted octanol–water partition coefficient (Wildman–Crippen LogP) is 4.37. The highest BCUT2D eigenvalue weighted by atomic mass is 79.9. The highest BCUT2D eigenvalue weighted by molar-refractivity contribution is 9.10. The molecule has 2 aromatic rings. The SMILES string of the molecule is Nc1cccc(Cl)c1SCc1cncc(Br)c1. The molecule has 0 atom stereocenters. The van der Waals surface area contributed by atoms with Crippen LogP contribution >= 0.6 is 39.3 Å². The number of hydrogen-bond acceptors (Lipinski definition) is 3. The number of benzene rings is 1. The molecular formula is C12H10BrClN2S. The van der Waals surface area contributed by atoms with Gasteiger partial charge in [0.15, 0.2) is 0 Å². The second-order valence-corrected chi connectivity index (χ2v) is 5.77. The van der Waals surface area contributed by atoms with Gasteiger partial charge in [-0.15, -0.1) is 11.8 Å². The third kappa shape index (κ3) is 3.37. The minimum atomic E-state index is 0.693. The number of hydrogen-bond donors (Lipinski definition) is 1. The summed E-state index contributed by atoms with van der Waals surface area (Å²) in [6.45, 7) is 0. The van der Waals surface area contributed by atoms with Gasteiger partial charge in [0.25, 0.3) is 0 Å². The van der Waals surface area contributed by atoms with Gasteiger partial charge in [0.1, 0.15) is 0 Å². The number of nitrogens with two attached hydrogens (primary N) is 1. The number of rotatable bonds is 3. The van der Waals surface area contributed by atoms with Gasteiger partial charge in [-0.1, -0.05) is 17.7 Å². The number of thioether (sulfide) groups is 1. The van der Waals surface area contributed by atoms with Gasteiger partial charge < -0.3 is 5.73 Å². The number of nitrogens with zero attached hydrogens (tertiary/aromatic N) is 1. The average molecular weight is 330 g/mol. The zero-order chi connectivity index (χ0) is 12.3. The molecule has 0 spiro atoms. The molecule has 2 nitrogen and oxygen atoms in total. The van der Waals surface area contributed by atoms with Crippen molar-refractivity contribution in [3.8, 4) is 0 Å². The summed E-state index contributed by atoms with van der Waals surface area (Å²) in [5, 5.41) is 0.693. The molecule has 1 aromatic carbocycles. The van der Waals surface area contributed by atoms with Gasteiger partial charge in [0, 0.05) is 33.2 Å². The Balaban J connectivity index is 2.13. The van der Waals surface area contributed by atoms with Crippen molar-refractivity contribution in [2.45, 2.75) is 10.6 Å². The van der Waals surface area contributed by atoms with Crippen LogP contribution in [-0.2, 0) is 5.75 Å². The first-order valence-electron chi connectivity index (χ1n) is 4.93. The minimum Gasteiger partial charge on any atom is -0.398 e. The summed E-state index contributed by atoms with van der Waals surface area (Å²) in [7, 11) is 0. The Labute approximate surface area is 118 Å². The fourth-order valence-electron chi connectivity index (χ4n) is 1.37. The lowest BCUT2D eigenvalue weighted by Crippen LogP contribution is -1.90. The van der Waals surface area contributed by atoms with Crippen molar-refractivity contribution in [3.63, 3.8) is 0 Å². The predicted molar refractivity (Wildman–Crippen MR) is 77.4 cm³/mol. The van der Waals surface area contributed by atoms with Gasteiger partial charge in [-0.2, -0.15) is 0 Å². The molecule has 0 aliphatic carbocycles. The smallest absolute Gasteiger partial charge is 0.0562 e. The Morgan fingerprint density at radius 3 is 2.88 bits per heavy atom. The zero-order valence-corrected chi connectivity index (χ0v) is 12.0. The van der Waals surface area contributed by atoms with Crippen LogP contribution in [0.3, 0.4) is 0 Å². The van der Waals surface area contributed by atoms with Crippen molar-refractivity contribution in [2.75, 3.05) is 5.73 Å². The fourth-order valence-corrected chi connectivity index (χ4v) is 3.04. The largest absolute Gasteiger partial charge is 0.398 e. The number of anilines is 1. The maximum absolute atomic E-state index is 6.10. The van der Waals surface area contributed by atoms with Crippen molar-refractivity contribution >= 4 is 45.0 Å². The lowest BCUT2D eigenvalue weighted by molar-refractivity contribution is 1.23. The van der Waals surface area contributed by atoms with E-state index in [-0.39, 0.29) is 0 Å². The summed E-state index contributed by atoms with van der Waals surface area (Å²) in [6.07, 6.45) is 3.60. The van der Waals surface area contributed by atoms with Gasteiger partial charge in [-0.05, 0) is 39.7 Å². The maximum Gasteiger partial charge on any atom is 0.0562 e. The first-order valence-corrected chi connectivity index (χ1v) is 7.08. The van der Waals surface area contributed by atoms with Crippen LogP contribution in [-0.4, -0.2) is 4.98 Å². The normalized spacial score (nSPS) is 10.5. The summed E-state index contributed by atoms with van der Waals surface area (Å²) < 4.78 is 0.975. The molecule has 1 aromatic heterocycles. The van der Waals surface area contributed by atoms with Crippen LogP contribution in [0.5, 0.6) is 0 Å². The lowest BCUT2D eigenvalue weighted by Gasteiger charge is -2.07. The molecular weight excluding hydrogens is 320 g/mol. The molecule has 5 heteroatoms. The highest BCUT2D eigenvalue weighted by Gasteiger charge is 2.05. The van der Waals surface area contributed by atoms with Crippen molar-refractivity contribution in [2.24, 2.45) is 0 Å². The summed E-state index contributed by atoms with van der Waals surface area (Å²) in [5.74, 6) is 0.792. The monoisotopic (exact) mass is 328 g/mol. The van der Waals surface area contributed by atoms with E-state index in [4.69, 9.17) is 17.3 Å². The molecule has 1 heterocycles. The molecule has 2 rings (SSSR count). The molecule has 0 saturated heterocycles. The third-order valence-electron chi connectivity index (χ3n) is 2.14. The van der Waals surface area contributed by atoms with Crippen molar-refractivity contribution in [3.05, 3.63) is 51.7 Å². The first kappa shape index (κ1) is 12.7. The fraction of sp³-hybridized carbons (Fsp3) is 0.0833. The standard InChI is InChI=1S/C12H10BrClN2S/c13-9-4-8(5-16-6-9)7-17-12-10(14)2-1-3-11(12)15/h1-6H,7,15H2. The van der Waals surface area contributed by atoms with Gasteiger partial charge in [0.2, 0.25) is 0 Å². The number of pyridine rings is 1. The topological polar surface area (TPSA) is 38.9 Å².